The monoisotopic (exact) mass is 197 g/mol. The molecule has 0 amide bonds. The molecule has 0 heterocycles. The van der Waals surface area contributed by atoms with E-state index in [0.29, 0.717) is 24.5 Å². The maximum Gasteiger partial charge on any atom is 0.130 e. The average Bonchev–Trinajstić information content (AvgIpc) is 2.20. The zero-order valence-corrected chi connectivity index (χ0v) is 8.64. The van der Waals surface area contributed by atoms with Crippen molar-refractivity contribution in [2.45, 2.75) is 26.8 Å². The van der Waals surface area contributed by atoms with Crippen LogP contribution in [0.15, 0.2) is 12.1 Å². The Kier molecular flexibility index (Phi) is 3.89. The van der Waals surface area contributed by atoms with Crippen molar-refractivity contribution < 1.29 is 9.13 Å². The molecule has 0 aliphatic rings. The lowest BCUT2D eigenvalue weighted by atomic mass is 10.1. The minimum absolute atomic E-state index is 0.251. The Hall–Kier alpha value is -1.09. The van der Waals surface area contributed by atoms with Crippen molar-refractivity contribution in [1.29, 1.82) is 0 Å². The second-order valence-electron chi connectivity index (χ2n) is 3.25. The molecule has 0 spiro atoms. The SMILES string of the molecule is CCCOc1cc(CN)cc(F)c1C. The fraction of sp³-hybridized carbons (Fsp3) is 0.455. The summed E-state index contributed by atoms with van der Waals surface area (Å²) in [6.07, 6.45) is 0.911. The summed E-state index contributed by atoms with van der Waals surface area (Å²) in [5, 5.41) is 0. The Bertz CT molecular complexity index is 312. The predicted molar refractivity (Wildman–Crippen MR) is 54.8 cm³/mol. The third-order valence-electron chi connectivity index (χ3n) is 2.05. The highest BCUT2D eigenvalue weighted by Gasteiger charge is 2.07. The van der Waals surface area contributed by atoms with Gasteiger partial charge in [-0.2, -0.15) is 0 Å². The fourth-order valence-electron chi connectivity index (χ4n) is 1.19. The van der Waals surface area contributed by atoms with Gasteiger partial charge in [0.05, 0.1) is 6.61 Å². The van der Waals surface area contributed by atoms with Crippen LogP contribution in [-0.2, 0) is 6.54 Å². The number of benzene rings is 1. The standard InChI is InChI=1S/C11H16FNO/c1-3-4-14-11-6-9(7-13)5-10(12)8(11)2/h5-6H,3-4,7,13H2,1-2H3. The number of nitrogens with two attached hydrogens (primary N) is 1. The lowest BCUT2D eigenvalue weighted by Gasteiger charge is -2.10. The third-order valence-corrected chi connectivity index (χ3v) is 2.05. The van der Waals surface area contributed by atoms with Crippen molar-refractivity contribution in [1.82, 2.24) is 0 Å². The van der Waals surface area contributed by atoms with Crippen LogP contribution in [0.5, 0.6) is 5.75 Å². The fourth-order valence-corrected chi connectivity index (χ4v) is 1.19. The Morgan fingerprint density at radius 3 is 2.71 bits per heavy atom. The van der Waals surface area contributed by atoms with Crippen molar-refractivity contribution >= 4 is 0 Å². The molecule has 14 heavy (non-hydrogen) atoms. The first-order valence-corrected chi connectivity index (χ1v) is 4.81. The van der Waals surface area contributed by atoms with E-state index in [0.717, 1.165) is 12.0 Å². The van der Waals surface area contributed by atoms with Crippen LogP contribution in [0, 0.1) is 12.7 Å². The van der Waals surface area contributed by atoms with Crippen LogP contribution < -0.4 is 10.5 Å². The summed E-state index contributed by atoms with van der Waals surface area (Å²) < 4.78 is 18.7. The molecule has 0 unspecified atom stereocenters. The topological polar surface area (TPSA) is 35.2 Å². The molecule has 0 atom stereocenters. The highest BCUT2D eigenvalue weighted by atomic mass is 19.1. The van der Waals surface area contributed by atoms with Gasteiger partial charge in [-0.25, -0.2) is 4.39 Å². The molecule has 0 bridgehead atoms. The molecular formula is C11H16FNO. The van der Waals surface area contributed by atoms with Gasteiger partial charge < -0.3 is 10.5 Å². The van der Waals surface area contributed by atoms with E-state index in [9.17, 15) is 4.39 Å². The van der Waals surface area contributed by atoms with E-state index in [1.165, 1.54) is 6.07 Å². The summed E-state index contributed by atoms with van der Waals surface area (Å²) in [6.45, 7) is 4.66. The molecule has 0 saturated heterocycles. The minimum Gasteiger partial charge on any atom is -0.493 e. The summed E-state index contributed by atoms with van der Waals surface area (Å²) >= 11 is 0. The number of ether oxygens (including phenoxy) is 1. The molecule has 2 nitrogen and oxygen atoms in total. The van der Waals surface area contributed by atoms with E-state index in [1.54, 1.807) is 13.0 Å². The van der Waals surface area contributed by atoms with Crippen molar-refractivity contribution in [2.75, 3.05) is 6.61 Å². The highest BCUT2D eigenvalue weighted by Crippen LogP contribution is 2.22. The Labute approximate surface area is 83.9 Å². The first-order valence-electron chi connectivity index (χ1n) is 4.81. The predicted octanol–water partition coefficient (Wildman–Crippen LogP) is 2.38. The Morgan fingerprint density at radius 2 is 2.14 bits per heavy atom. The molecule has 0 fully saturated rings. The van der Waals surface area contributed by atoms with Gasteiger partial charge in [-0.1, -0.05) is 6.92 Å². The average molecular weight is 197 g/mol. The first kappa shape index (κ1) is 11.0. The van der Waals surface area contributed by atoms with Crippen LogP contribution in [0.3, 0.4) is 0 Å². The van der Waals surface area contributed by atoms with Gasteiger partial charge in [0.25, 0.3) is 0 Å². The van der Waals surface area contributed by atoms with Gasteiger partial charge in [0.1, 0.15) is 11.6 Å². The molecule has 1 aromatic carbocycles. The summed E-state index contributed by atoms with van der Waals surface area (Å²) in [5.41, 5.74) is 6.76. The number of hydrogen-bond donors (Lipinski definition) is 1. The van der Waals surface area contributed by atoms with Gasteiger partial charge in [0.2, 0.25) is 0 Å². The largest absolute Gasteiger partial charge is 0.493 e. The van der Waals surface area contributed by atoms with Crippen LogP contribution in [0.2, 0.25) is 0 Å². The maximum atomic E-state index is 13.3. The molecule has 2 N–H and O–H groups in total. The lowest BCUT2D eigenvalue weighted by Crippen LogP contribution is -2.02. The summed E-state index contributed by atoms with van der Waals surface area (Å²) in [7, 11) is 0. The molecule has 0 aromatic heterocycles. The van der Waals surface area contributed by atoms with E-state index in [4.69, 9.17) is 10.5 Å². The Balaban J connectivity index is 2.95. The highest BCUT2D eigenvalue weighted by molar-refractivity contribution is 5.37. The van der Waals surface area contributed by atoms with E-state index in [2.05, 4.69) is 0 Å². The van der Waals surface area contributed by atoms with E-state index < -0.39 is 0 Å². The number of hydrogen-bond acceptors (Lipinski definition) is 2. The second-order valence-corrected chi connectivity index (χ2v) is 3.25. The van der Waals surface area contributed by atoms with Crippen LogP contribution in [0.25, 0.3) is 0 Å². The smallest absolute Gasteiger partial charge is 0.130 e. The van der Waals surface area contributed by atoms with Crippen LogP contribution in [0.1, 0.15) is 24.5 Å². The van der Waals surface area contributed by atoms with Gasteiger partial charge >= 0.3 is 0 Å². The van der Waals surface area contributed by atoms with Crippen molar-refractivity contribution in [3.8, 4) is 5.75 Å². The summed E-state index contributed by atoms with van der Waals surface area (Å²) in [6, 6.07) is 3.25. The molecule has 0 aliphatic carbocycles. The lowest BCUT2D eigenvalue weighted by molar-refractivity contribution is 0.313. The van der Waals surface area contributed by atoms with Gasteiger partial charge in [-0.15, -0.1) is 0 Å². The van der Waals surface area contributed by atoms with E-state index in [-0.39, 0.29) is 5.82 Å². The normalized spacial score (nSPS) is 10.3. The molecule has 0 saturated carbocycles. The molecule has 1 aromatic rings. The third kappa shape index (κ3) is 2.45. The maximum absolute atomic E-state index is 13.3. The van der Waals surface area contributed by atoms with Crippen molar-refractivity contribution in [3.63, 3.8) is 0 Å². The zero-order valence-electron chi connectivity index (χ0n) is 8.64. The minimum atomic E-state index is -0.251. The molecule has 0 aliphatic heterocycles. The number of halogens is 1. The molecule has 1 rings (SSSR count). The quantitative estimate of drug-likeness (QED) is 0.804. The van der Waals surface area contributed by atoms with Crippen LogP contribution in [0.4, 0.5) is 4.39 Å². The molecule has 0 radical (unpaired) electrons. The van der Waals surface area contributed by atoms with Gasteiger partial charge in [0, 0.05) is 12.1 Å². The molecular weight excluding hydrogens is 181 g/mol. The molecule has 78 valence electrons. The van der Waals surface area contributed by atoms with Gasteiger partial charge in [-0.3, -0.25) is 0 Å². The van der Waals surface area contributed by atoms with Crippen LogP contribution >= 0.6 is 0 Å². The summed E-state index contributed by atoms with van der Waals surface area (Å²) in [5.74, 6) is 0.353. The van der Waals surface area contributed by atoms with Gasteiger partial charge in [0.15, 0.2) is 0 Å². The van der Waals surface area contributed by atoms with E-state index >= 15 is 0 Å². The second kappa shape index (κ2) is 4.96. The zero-order chi connectivity index (χ0) is 10.6. The van der Waals surface area contributed by atoms with Crippen LogP contribution in [-0.4, -0.2) is 6.61 Å². The van der Waals surface area contributed by atoms with E-state index in [1.807, 2.05) is 6.92 Å². The van der Waals surface area contributed by atoms with Gasteiger partial charge in [-0.05, 0) is 31.0 Å². The van der Waals surface area contributed by atoms with Crippen molar-refractivity contribution in [2.24, 2.45) is 5.73 Å². The van der Waals surface area contributed by atoms with Crippen molar-refractivity contribution in [3.05, 3.63) is 29.1 Å². The summed E-state index contributed by atoms with van der Waals surface area (Å²) in [4.78, 5) is 0. The number of rotatable bonds is 4. The Morgan fingerprint density at radius 1 is 1.43 bits per heavy atom. The first-order chi connectivity index (χ1) is 6.69. The molecule has 3 heteroatoms.